The summed E-state index contributed by atoms with van der Waals surface area (Å²) in [6.45, 7) is 7.88. The fourth-order valence-electron chi connectivity index (χ4n) is 3.26. The van der Waals surface area contributed by atoms with Crippen LogP contribution in [0, 0.1) is 6.92 Å². The molecule has 1 aromatic carbocycles. The van der Waals surface area contributed by atoms with Gasteiger partial charge in [0.1, 0.15) is 11.5 Å². The van der Waals surface area contributed by atoms with E-state index >= 15 is 0 Å². The molecule has 3 heteroatoms. The van der Waals surface area contributed by atoms with E-state index in [9.17, 15) is 0 Å². The molecule has 0 fully saturated rings. The van der Waals surface area contributed by atoms with Gasteiger partial charge in [0.15, 0.2) is 0 Å². The Hall–Kier alpha value is -1.22. The first-order chi connectivity index (χ1) is 11.2. The summed E-state index contributed by atoms with van der Waals surface area (Å²) in [5.74, 6) is 1.91. The number of ether oxygens (including phenoxy) is 3. The molecule has 0 aromatic heterocycles. The first-order valence-corrected chi connectivity index (χ1v) is 9.11. The molecule has 0 saturated heterocycles. The fourth-order valence-corrected chi connectivity index (χ4v) is 3.26. The number of rotatable bonds is 9. The lowest BCUT2D eigenvalue weighted by atomic mass is 9.95. The van der Waals surface area contributed by atoms with Crippen LogP contribution in [0.5, 0.6) is 11.5 Å². The third-order valence-corrected chi connectivity index (χ3v) is 4.66. The predicted molar refractivity (Wildman–Crippen MR) is 94.6 cm³/mol. The van der Waals surface area contributed by atoms with Crippen LogP contribution in [0.3, 0.4) is 0 Å². The summed E-state index contributed by atoms with van der Waals surface area (Å²) in [6.07, 6.45) is 8.89. The topological polar surface area (TPSA) is 27.7 Å². The van der Waals surface area contributed by atoms with E-state index in [0.29, 0.717) is 6.61 Å². The van der Waals surface area contributed by atoms with Gasteiger partial charge in [-0.2, -0.15) is 0 Å². The monoisotopic (exact) mass is 320 g/mol. The zero-order chi connectivity index (χ0) is 16.7. The largest absolute Gasteiger partial charge is 0.496 e. The third kappa shape index (κ3) is 4.87. The average Bonchev–Trinajstić information content (AvgIpc) is 2.54. The Morgan fingerprint density at radius 2 is 1.91 bits per heavy atom. The van der Waals surface area contributed by atoms with E-state index in [1.165, 1.54) is 43.2 Å². The van der Waals surface area contributed by atoms with Crippen molar-refractivity contribution in [2.75, 3.05) is 13.7 Å². The second kappa shape index (κ2) is 9.17. The smallest absolute Gasteiger partial charge is 0.131 e. The quantitative estimate of drug-likeness (QED) is 0.585. The van der Waals surface area contributed by atoms with Crippen LogP contribution in [0.15, 0.2) is 6.07 Å². The van der Waals surface area contributed by atoms with Gasteiger partial charge in [-0.25, -0.2) is 0 Å². The number of methoxy groups -OCH3 is 1. The molecule has 3 nitrogen and oxygen atoms in total. The molecule has 0 saturated carbocycles. The van der Waals surface area contributed by atoms with Crippen LogP contribution in [0.4, 0.5) is 0 Å². The molecule has 0 N–H and O–H groups in total. The van der Waals surface area contributed by atoms with Crippen molar-refractivity contribution in [2.24, 2.45) is 0 Å². The standard InChI is InChI=1S/C20H32O3/c1-5-6-7-8-9-10-11-22-19-13-17-12-15(2)23-14-18(17)20(21-4)16(19)3/h13,15H,5-12,14H2,1-4H3. The van der Waals surface area contributed by atoms with Gasteiger partial charge in [0.2, 0.25) is 0 Å². The van der Waals surface area contributed by atoms with Crippen molar-refractivity contribution < 1.29 is 14.2 Å². The Kier molecular flexibility index (Phi) is 7.22. The molecule has 1 aliphatic heterocycles. The lowest BCUT2D eigenvalue weighted by Gasteiger charge is -2.26. The van der Waals surface area contributed by atoms with Gasteiger partial charge in [-0.3, -0.25) is 0 Å². The molecule has 1 atom stereocenters. The van der Waals surface area contributed by atoms with E-state index in [4.69, 9.17) is 14.2 Å². The number of hydrogen-bond donors (Lipinski definition) is 0. The molecule has 1 aliphatic rings. The second-order valence-electron chi connectivity index (χ2n) is 6.61. The highest BCUT2D eigenvalue weighted by Gasteiger charge is 2.23. The number of hydrogen-bond acceptors (Lipinski definition) is 3. The Bertz CT molecular complexity index is 496. The molecular formula is C20H32O3. The Morgan fingerprint density at radius 3 is 2.65 bits per heavy atom. The van der Waals surface area contributed by atoms with Gasteiger partial charge in [0.25, 0.3) is 0 Å². The lowest BCUT2D eigenvalue weighted by Crippen LogP contribution is -2.20. The minimum atomic E-state index is 0.265. The number of unbranched alkanes of at least 4 members (excludes halogenated alkanes) is 5. The van der Waals surface area contributed by atoms with Gasteiger partial charge in [-0.15, -0.1) is 0 Å². The van der Waals surface area contributed by atoms with Crippen LogP contribution in [-0.2, 0) is 17.8 Å². The first-order valence-electron chi connectivity index (χ1n) is 9.11. The van der Waals surface area contributed by atoms with Crippen LogP contribution in [0.2, 0.25) is 0 Å². The Morgan fingerprint density at radius 1 is 1.17 bits per heavy atom. The molecule has 1 unspecified atom stereocenters. The van der Waals surface area contributed by atoms with Crippen molar-refractivity contribution in [3.8, 4) is 11.5 Å². The highest BCUT2D eigenvalue weighted by molar-refractivity contribution is 5.54. The highest BCUT2D eigenvalue weighted by Crippen LogP contribution is 2.38. The van der Waals surface area contributed by atoms with Crippen molar-refractivity contribution >= 4 is 0 Å². The maximum Gasteiger partial charge on any atom is 0.131 e. The summed E-state index contributed by atoms with van der Waals surface area (Å²) < 4.78 is 17.5. The van der Waals surface area contributed by atoms with E-state index in [2.05, 4.69) is 26.8 Å². The zero-order valence-corrected chi connectivity index (χ0v) is 15.2. The summed E-state index contributed by atoms with van der Waals surface area (Å²) in [5, 5.41) is 0. The van der Waals surface area contributed by atoms with Crippen molar-refractivity contribution in [1.82, 2.24) is 0 Å². The lowest BCUT2D eigenvalue weighted by molar-refractivity contribution is 0.0394. The first kappa shape index (κ1) is 18.1. The van der Waals surface area contributed by atoms with E-state index in [1.807, 2.05) is 0 Å². The molecule has 0 amide bonds. The van der Waals surface area contributed by atoms with Crippen molar-refractivity contribution in [3.63, 3.8) is 0 Å². The molecule has 0 bridgehead atoms. The van der Waals surface area contributed by atoms with Crippen LogP contribution in [0.1, 0.15) is 69.1 Å². The number of benzene rings is 1. The minimum absolute atomic E-state index is 0.265. The van der Waals surface area contributed by atoms with Gasteiger partial charge in [0.05, 0.1) is 26.4 Å². The average molecular weight is 320 g/mol. The Labute approximate surface area is 141 Å². The maximum absolute atomic E-state index is 6.07. The van der Waals surface area contributed by atoms with Gasteiger partial charge < -0.3 is 14.2 Å². The summed E-state index contributed by atoms with van der Waals surface area (Å²) in [5.41, 5.74) is 3.59. The molecule has 23 heavy (non-hydrogen) atoms. The van der Waals surface area contributed by atoms with Gasteiger partial charge in [-0.05, 0) is 38.3 Å². The zero-order valence-electron chi connectivity index (χ0n) is 15.2. The molecule has 0 radical (unpaired) electrons. The highest BCUT2D eigenvalue weighted by atomic mass is 16.5. The molecular weight excluding hydrogens is 288 g/mol. The van der Waals surface area contributed by atoms with Crippen LogP contribution in [-0.4, -0.2) is 19.8 Å². The second-order valence-corrected chi connectivity index (χ2v) is 6.61. The van der Waals surface area contributed by atoms with Gasteiger partial charge >= 0.3 is 0 Å². The van der Waals surface area contributed by atoms with Crippen LogP contribution < -0.4 is 9.47 Å². The molecule has 130 valence electrons. The van der Waals surface area contributed by atoms with E-state index in [1.54, 1.807) is 7.11 Å². The van der Waals surface area contributed by atoms with E-state index in [0.717, 1.165) is 36.5 Å². The SMILES string of the molecule is CCCCCCCCOc1cc2c(c(OC)c1C)COC(C)C2. The molecule has 1 heterocycles. The number of fused-ring (bicyclic) bond motifs is 1. The maximum atomic E-state index is 6.07. The molecule has 0 spiro atoms. The fraction of sp³-hybridized carbons (Fsp3) is 0.700. The van der Waals surface area contributed by atoms with E-state index in [-0.39, 0.29) is 6.10 Å². The molecule has 1 aromatic rings. The van der Waals surface area contributed by atoms with Crippen molar-refractivity contribution in [3.05, 3.63) is 22.8 Å². The van der Waals surface area contributed by atoms with Crippen LogP contribution in [0.25, 0.3) is 0 Å². The van der Waals surface area contributed by atoms with Crippen molar-refractivity contribution in [2.45, 2.75) is 78.4 Å². The predicted octanol–water partition coefficient (Wildman–Crippen LogP) is 5.20. The summed E-state index contributed by atoms with van der Waals surface area (Å²) in [7, 11) is 1.73. The van der Waals surface area contributed by atoms with Crippen molar-refractivity contribution in [1.29, 1.82) is 0 Å². The summed E-state index contributed by atoms with van der Waals surface area (Å²) in [4.78, 5) is 0. The molecule has 2 rings (SSSR count). The third-order valence-electron chi connectivity index (χ3n) is 4.66. The summed E-state index contributed by atoms with van der Waals surface area (Å²) in [6, 6.07) is 2.20. The van der Waals surface area contributed by atoms with E-state index < -0.39 is 0 Å². The van der Waals surface area contributed by atoms with Gasteiger partial charge in [-0.1, -0.05) is 39.0 Å². The normalized spacial score (nSPS) is 17.0. The van der Waals surface area contributed by atoms with Gasteiger partial charge in [0, 0.05) is 11.1 Å². The Balaban J connectivity index is 1.95. The van der Waals surface area contributed by atoms with Crippen LogP contribution >= 0.6 is 0 Å². The summed E-state index contributed by atoms with van der Waals surface area (Å²) >= 11 is 0. The minimum Gasteiger partial charge on any atom is -0.496 e. The molecule has 0 aliphatic carbocycles.